The Hall–Kier alpha value is -1.21. The van der Waals surface area contributed by atoms with Gasteiger partial charge >= 0.3 is 0 Å². The van der Waals surface area contributed by atoms with Crippen LogP contribution in [0.4, 0.5) is 4.39 Å². The van der Waals surface area contributed by atoms with Gasteiger partial charge < -0.3 is 11.1 Å². The van der Waals surface area contributed by atoms with Crippen molar-refractivity contribution in [2.45, 2.75) is 13.3 Å². The van der Waals surface area contributed by atoms with Gasteiger partial charge in [0.05, 0.1) is 5.01 Å². The van der Waals surface area contributed by atoms with E-state index in [1.807, 2.05) is 6.92 Å². The maximum atomic E-state index is 13.6. The Bertz CT molecular complexity index is 624. The van der Waals surface area contributed by atoms with Crippen molar-refractivity contribution in [3.63, 3.8) is 0 Å². The first-order valence-electron chi connectivity index (χ1n) is 6.76. The van der Waals surface area contributed by atoms with Gasteiger partial charge in [-0.15, -0.1) is 36.2 Å². The highest BCUT2D eigenvalue weighted by atomic mass is 35.5. The Kier molecular flexibility index (Phi) is 9.99. The smallest absolute Gasteiger partial charge is 0.270 e. The van der Waals surface area contributed by atoms with E-state index in [-0.39, 0.29) is 42.5 Å². The summed E-state index contributed by atoms with van der Waals surface area (Å²) in [6.07, 6.45) is 0.393. The molecule has 1 atom stereocenters. The number of nitrogens with one attached hydrogen (secondary N) is 1. The summed E-state index contributed by atoms with van der Waals surface area (Å²) < 4.78 is 13.6. The van der Waals surface area contributed by atoms with E-state index < -0.39 is 0 Å². The third kappa shape index (κ3) is 6.43. The molecule has 3 N–H and O–H groups in total. The molecule has 0 spiro atoms. The van der Waals surface area contributed by atoms with Gasteiger partial charge in [-0.3, -0.25) is 4.79 Å². The summed E-state index contributed by atoms with van der Waals surface area (Å²) in [5.74, 6) is -0.243. The van der Waals surface area contributed by atoms with Gasteiger partial charge in [-0.05, 0) is 24.1 Å². The molecule has 128 valence electrons. The molecule has 2 aromatic rings. The molecule has 0 fully saturated rings. The zero-order valence-corrected chi connectivity index (χ0v) is 15.1. The largest absolute Gasteiger partial charge is 0.350 e. The maximum absolute atomic E-state index is 13.6. The fraction of sp³-hybridized carbons (Fsp3) is 0.333. The third-order valence-corrected chi connectivity index (χ3v) is 3.95. The van der Waals surface area contributed by atoms with Crippen LogP contribution < -0.4 is 11.1 Å². The zero-order chi connectivity index (χ0) is 15.2. The van der Waals surface area contributed by atoms with Crippen molar-refractivity contribution in [3.05, 3.63) is 51.7 Å². The molecule has 4 nitrogen and oxygen atoms in total. The first-order chi connectivity index (χ1) is 10.1. The number of rotatable bonds is 6. The number of amides is 1. The molecule has 0 aliphatic carbocycles. The van der Waals surface area contributed by atoms with Crippen molar-refractivity contribution >= 4 is 42.1 Å². The Labute approximate surface area is 151 Å². The molecule has 0 saturated heterocycles. The SMILES string of the molecule is CC(CN)CNC(=O)c1csc(Cc2ccccc2F)n1.Cl.Cl. The van der Waals surface area contributed by atoms with Gasteiger partial charge in [0.15, 0.2) is 0 Å². The van der Waals surface area contributed by atoms with E-state index in [2.05, 4.69) is 10.3 Å². The molecule has 2 rings (SSSR count). The summed E-state index contributed by atoms with van der Waals surface area (Å²) >= 11 is 1.36. The van der Waals surface area contributed by atoms with Crippen LogP contribution in [0.3, 0.4) is 0 Å². The zero-order valence-electron chi connectivity index (χ0n) is 12.6. The van der Waals surface area contributed by atoms with Crippen LogP contribution in [0, 0.1) is 11.7 Å². The Balaban J connectivity index is 0.00000242. The number of hydrogen-bond acceptors (Lipinski definition) is 4. The normalized spacial score (nSPS) is 11.1. The van der Waals surface area contributed by atoms with Gasteiger partial charge in [0, 0.05) is 18.3 Å². The number of benzene rings is 1. The number of halogens is 3. The highest BCUT2D eigenvalue weighted by Crippen LogP contribution is 2.17. The maximum Gasteiger partial charge on any atom is 0.270 e. The highest BCUT2D eigenvalue weighted by molar-refractivity contribution is 7.09. The minimum atomic E-state index is -0.254. The average Bonchev–Trinajstić information content (AvgIpc) is 2.95. The quantitative estimate of drug-likeness (QED) is 0.810. The van der Waals surface area contributed by atoms with Crippen molar-refractivity contribution in [1.82, 2.24) is 10.3 Å². The second kappa shape index (κ2) is 10.5. The first-order valence-corrected chi connectivity index (χ1v) is 7.64. The Morgan fingerprint density at radius 3 is 2.74 bits per heavy atom. The number of hydrogen-bond donors (Lipinski definition) is 2. The second-order valence-electron chi connectivity index (χ2n) is 4.95. The number of nitrogens with two attached hydrogens (primary N) is 1. The predicted octanol–water partition coefficient (Wildman–Crippen LogP) is 3.04. The molecule has 1 amide bonds. The number of aromatic nitrogens is 1. The monoisotopic (exact) mass is 379 g/mol. The van der Waals surface area contributed by atoms with Gasteiger partial charge in [0.1, 0.15) is 11.5 Å². The van der Waals surface area contributed by atoms with Gasteiger partial charge in [0.25, 0.3) is 5.91 Å². The van der Waals surface area contributed by atoms with Gasteiger partial charge in [-0.25, -0.2) is 9.37 Å². The number of nitrogens with zero attached hydrogens (tertiary/aromatic N) is 1. The van der Waals surface area contributed by atoms with Crippen molar-refractivity contribution in [2.75, 3.05) is 13.1 Å². The lowest BCUT2D eigenvalue weighted by molar-refractivity contribution is 0.0944. The minimum Gasteiger partial charge on any atom is -0.350 e. The predicted molar refractivity (Wildman–Crippen MR) is 96.4 cm³/mol. The molecule has 0 saturated carbocycles. The first kappa shape index (κ1) is 21.8. The summed E-state index contributed by atoms with van der Waals surface area (Å²) in [7, 11) is 0. The van der Waals surface area contributed by atoms with E-state index >= 15 is 0 Å². The van der Waals surface area contributed by atoms with E-state index in [1.54, 1.807) is 23.6 Å². The molecule has 1 unspecified atom stereocenters. The molecule has 23 heavy (non-hydrogen) atoms. The molecule has 8 heteroatoms. The number of carbonyl (C=O) groups is 1. The van der Waals surface area contributed by atoms with E-state index in [1.165, 1.54) is 17.4 Å². The molecule has 1 heterocycles. The lowest BCUT2D eigenvalue weighted by atomic mass is 10.1. The molecule has 1 aromatic heterocycles. The van der Waals surface area contributed by atoms with Crippen molar-refractivity contribution in [1.29, 1.82) is 0 Å². The minimum absolute atomic E-state index is 0. The lowest BCUT2D eigenvalue weighted by Gasteiger charge is -2.08. The van der Waals surface area contributed by atoms with Crippen molar-refractivity contribution in [2.24, 2.45) is 11.7 Å². The van der Waals surface area contributed by atoms with E-state index in [0.29, 0.717) is 30.8 Å². The van der Waals surface area contributed by atoms with Crippen LogP contribution >= 0.6 is 36.2 Å². The number of thiazole rings is 1. The van der Waals surface area contributed by atoms with Crippen LogP contribution in [0.5, 0.6) is 0 Å². The van der Waals surface area contributed by atoms with Crippen LogP contribution in [-0.2, 0) is 6.42 Å². The summed E-state index contributed by atoms with van der Waals surface area (Å²) in [4.78, 5) is 16.2. The van der Waals surface area contributed by atoms with Gasteiger partial charge in [0.2, 0.25) is 0 Å². The Morgan fingerprint density at radius 1 is 1.39 bits per heavy atom. The van der Waals surface area contributed by atoms with Crippen LogP contribution in [-0.4, -0.2) is 24.0 Å². The molecule has 0 aliphatic rings. The molecule has 0 bridgehead atoms. The van der Waals surface area contributed by atoms with Crippen molar-refractivity contribution < 1.29 is 9.18 Å². The van der Waals surface area contributed by atoms with Crippen LogP contribution in [0.1, 0.15) is 28.0 Å². The van der Waals surface area contributed by atoms with Crippen molar-refractivity contribution in [3.8, 4) is 0 Å². The van der Waals surface area contributed by atoms with Gasteiger partial charge in [-0.2, -0.15) is 0 Å². The van der Waals surface area contributed by atoms with Crippen LogP contribution in [0.2, 0.25) is 0 Å². The fourth-order valence-corrected chi connectivity index (χ4v) is 2.54. The number of carbonyl (C=O) groups excluding carboxylic acids is 1. The third-order valence-electron chi connectivity index (χ3n) is 3.10. The molecular weight excluding hydrogens is 360 g/mol. The topological polar surface area (TPSA) is 68.0 Å². The van der Waals surface area contributed by atoms with Crippen LogP contribution in [0.25, 0.3) is 0 Å². The van der Waals surface area contributed by atoms with E-state index in [4.69, 9.17) is 5.73 Å². The molecular formula is C15H20Cl2FN3OS. The summed E-state index contributed by atoms with van der Waals surface area (Å²) in [5.41, 5.74) is 6.45. The molecule has 0 aliphatic heterocycles. The molecule has 1 aromatic carbocycles. The van der Waals surface area contributed by atoms with E-state index in [9.17, 15) is 9.18 Å². The summed E-state index contributed by atoms with van der Waals surface area (Å²) in [6.45, 7) is 3.01. The Morgan fingerprint density at radius 2 is 2.09 bits per heavy atom. The lowest BCUT2D eigenvalue weighted by Crippen LogP contribution is -2.31. The van der Waals surface area contributed by atoms with Crippen LogP contribution in [0.15, 0.2) is 29.6 Å². The molecule has 0 radical (unpaired) electrons. The average molecular weight is 380 g/mol. The van der Waals surface area contributed by atoms with E-state index in [0.717, 1.165) is 5.01 Å². The second-order valence-corrected chi connectivity index (χ2v) is 5.89. The highest BCUT2D eigenvalue weighted by Gasteiger charge is 2.12. The fourth-order valence-electron chi connectivity index (χ4n) is 1.74. The standard InChI is InChI=1S/C15H18FN3OS.2ClH/c1-10(7-17)8-18-15(20)13-9-21-14(19-13)6-11-4-2-3-5-12(11)16;;/h2-5,9-10H,6-8,17H2,1H3,(H,18,20);2*1H. The summed E-state index contributed by atoms with van der Waals surface area (Å²) in [6, 6.07) is 6.58. The van der Waals surface area contributed by atoms with Gasteiger partial charge in [-0.1, -0.05) is 25.1 Å². The summed E-state index contributed by atoms with van der Waals surface area (Å²) in [5, 5.41) is 5.20.